The predicted octanol–water partition coefficient (Wildman–Crippen LogP) is 4.09. The number of methoxy groups -OCH3 is 1. The summed E-state index contributed by atoms with van der Waals surface area (Å²) in [4.78, 5) is 60.0. The smallest absolute Gasteiger partial charge is 0.329 e. The molecular formula is C38H45F2N11O5. The first-order valence-corrected chi connectivity index (χ1v) is 19.1. The van der Waals surface area contributed by atoms with Gasteiger partial charge in [0.1, 0.15) is 11.6 Å². The van der Waals surface area contributed by atoms with Crippen LogP contribution in [0.1, 0.15) is 85.9 Å². The Morgan fingerprint density at radius 1 is 1.05 bits per heavy atom. The molecule has 0 bridgehead atoms. The average molecular weight is 774 g/mol. The normalized spacial score (nSPS) is 21.1. The van der Waals surface area contributed by atoms with Crippen LogP contribution < -0.4 is 26.0 Å². The predicted molar refractivity (Wildman–Crippen MR) is 202 cm³/mol. The molecule has 4 aromatic heterocycles. The highest BCUT2D eigenvalue weighted by atomic mass is 19.3. The summed E-state index contributed by atoms with van der Waals surface area (Å²) in [5, 5.41) is 13.4. The number of ether oxygens (including phenoxy) is 1. The molecule has 1 unspecified atom stereocenters. The van der Waals surface area contributed by atoms with Gasteiger partial charge in [-0.25, -0.2) is 23.1 Å². The van der Waals surface area contributed by atoms with E-state index in [0.717, 1.165) is 69.4 Å². The number of aromatic nitrogens is 7. The maximum Gasteiger partial charge on any atom is 0.329 e. The van der Waals surface area contributed by atoms with Crippen LogP contribution in [0.3, 0.4) is 0 Å². The second-order valence-electron chi connectivity index (χ2n) is 15.1. The van der Waals surface area contributed by atoms with Gasteiger partial charge >= 0.3 is 5.69 Å². The Morgan fingerprint density at radius 2 is 1.82 bits per heavy atom. The van der Waals surface area contributed by atoms with E-state index < -0.39 is 30.0 Å². The van der Waals surface area contributed by atoms with Gasteiger partial charge in [0, 0.05) is 45.3 Å². The van der Waals surface area contributed by atoms with Crippen LogP contribution in [0.15, 0.2) is 47.8 Å². The number of imidazole rings is 1. The van der Waals surface area contributed by atoms with E-state index in [1.165, 1.54) is 34.8 Å². The van der Waals surface area contributed by atoms with Crippen LogP contribution >= 0.6 is 0 Å². The van der Waals surface area contributed by atoms with Crippen molar-refractivity contribution in [2.24, 2.45) is 13.0 Å². The molecule has 16 nitrogen and oxygen atoms in total. The van der Waals surface area contributed by atoms with Crippen molar-refractivity contribution in [2.45, 2.75) is 75.9 Å². The zero-order valence-electron chi connectivity index (χ0n) is 31.5. The Labute approximate surface area is 320 Å². The molecule has 2 saturated heterocycles. The number of nitrogens with one attached hydrogen (secondary N) is 2. The van der Waals surface area contributed by atoms with E-state index in [9.17, 15) is 28.0 Å². The first-order chi connectivity index (χ1) is 27.0. The van der Waals surface area contributed by atoms with Gasteiger partial charge in [0.05, 0.1) is 54.2 Å². The van der Waals surface area contributed by atoms with Crippen LogP contribution in [0.2, 0.25) is 0 Å². The van der Waals surface area contributed by atoms with Gasteiger partial charge < -0.3 is 19.9 Å². The number of piperidine rings is 2. The molecule has 1 atom stereocenters. The van der Waals surface area contributed by atoms with Crippen LogP contribution in [0, 0.1) is 5.92 Å². The number of hydrogen-bond donors (Lipinski definition) is 2. The summed E-state index contributed by atoms with van der Waals surface area (Å²) in [6.07, 6.45) is 8.80. The van der Waals surface area contributed by atoms with Crippen molar-refractivity contribution in [3.63, 3.8) is 0 Å². The molecule has 3 fully saturated rings. The zero-order valence-corrected chi connectivity index (χ0v) is 31.5. The molecule has 0 spiro atoms. The van der Waals surface area contributed by atoms with Gasteiger partial charge in [0.15, 0.2) is 17.1 Å². The van der Waals surface area contributed by atoms with Crippen molar-refractivity contribution in [3.05, 3.63) is 64.7 Å². The van der Waals surface area contributed by atoms with Crippen molar-refractivity contribution < 1.29 is 27.9 Å². The zero-order chi connectivity index (χ0) is 39.2. The summed E-state index contributed by atoms with van der Waals surface area (Å²) in [5.74, 6) is -0.462. The van der Waals surface area contributed by atoms with E-state index in [4.69, 9.17) is 4.74 Å². The molecule has 1 aromatic carbocycles. The van der Waals surface area contributed by atoms with Crippen molar-refractivity contribution >= 4 is 45.8 Å². The number of carbonyl (C=O) groups is 3. The highest BCUT2D eigenvalue weighted by Crippen LogP contribution is 2.37. The van der Waals surface area contributed by atoms with E-state index in [-0.39, 0.29) is 47.4 Å². The summed E-state index contributed by atoms with van der Waals surface area (Å²) in [7, 11) is 5.39. The molecule has 1 aliphatic carbocycles. The van der Waals surface area contributed by atoms with Gasteiger partial charge in [0.25, 0.3) is 12.3 Å². The lowest BCUT2D eigenvalue weighted by Gasteiger charge is -2.40. The number of para-hydroxylation sites is 1. The number of amides is 3. The molecular weight excluding hydrogens is 728 g/mol. The van der Waals surface area contributed by atoms with Crippen LogP contribution in [-0.2, 0) is 16.6 Å². The lowest BCUT2D eigenvalue weighted by molar-refractivity contribution is -0.135. The number of imide groups is 1. The maximum absolute atomic E-state index is 14.1. The number of fused-ring (bicyclic) bond motifs is 2. The summed E-state index contributed by atoms with van der Waals surface area (Å²) >= 11 is 0. The molecule has 6 heterocycles. The summed E-state index contributed by atoms with van der Waals surface area (Å²) in [6.45, 7) is 2.55. The second-order valence-corrected chi connectivity index (χ2v) is 15.1. The van der Waals surface area contributed by atoms with E-state index in [1.807, 2.05) is 18.2 Å². The van der Waals surface area contributed by atoms with E-state index >= 15 is 0 Å². The SMILES string of the molecule is COc1cnc2c(C(=O)Nc3cn(C4CCC(CN(C)C5CCN(c6cccc7c6n(C)c(=O)n7C6CCC(=O)NC6=O)CC5)CC4)nc3C(F)F)cnn2c1. The largest absolute Gasteiger partial charge is 0.494 e. The summed E-state index contributed by atoms with van der Waals surface area (Å²) in [6, 6.07) is 5.40. The first kappa shape index (κ1) is 37.3. The number of aryl methyl sites for hydroxylation is 1. The Hall–Kier alpha value is -5.65. The summed E-state index contributed by atoms with van der Waals surface area (Å²) < 4.78 is 39.5. The molecule has 56 heavy (non-hydrogen) atoms. The fourth-order valence-electron chi connectivity index (χ4n) is 8.76. The Kier molecular flexibility index (Phi) is 10.1. The molecule has 1 saturated carbocycles. The second kappa shape index (κ2) is 15.1. The Bertz CT molecular complexity index is 2350. The topological polar surface area (TPSA) is 166 Å². The number of rotatable bonds is 10. The number of carbonyl (C=O) groups excluding carboxylic acids is 3. The number of alkyl halides is 2. The molecule has 296 valence electrons. The monoisotopic (exact) mass is 773 g/mol. The number of halogens is 2. The van der Waals surface area contributed by atoms with Crippen LogP contribution in [0.5, 0.6) is 5.75 Å². The maximum atomic E-state index is 14.1. The van der Waals surface area contributed by atoms with Crippen LogP contribution in [0.25, 0.3) is 16.7 Å². The van der Waals surface area contributed by atoms with Crippen molar-refractivity contribution in [1.82, 2.24) is 43.7 Å². The molecule has 5 aromatic rings. The van der Waals surface area contributed by atoms with Crippen molar-refractivity contribution in [2.75, 3.05) is 44.0 Å². The highest BCUT2D eigenvalue weighted by Gasteiger charge is 2.34. The van der Waals surface area contributed by atoms with Gasteiger partial charge in [-0.05, 0) is 70.0 Å². The minimum atomic E-state index is -2.87. The van der Waals surface area contributed by atoms with Crippen molar-refractivity contribution in [1.29, 1.82) is 0 Å². The minimum Gasteiger partial charge on any atom is -0.494 e. The fraction of sp³-hybridized carbons (Fsp3) is 0.500. The summed E-state index contributed by atoms with van der Waals surface area (Å²) in [5.41, 5.74) is 2.05. The Balaban J connectivity index is 0.866. The van der Waals surface area contributed by atoms with E-state index in [1.54, 1.807) is 22.5 Å². The highest BCUT2D eigenvalue weighted by molar-refractivity contribution is 6.08. The van der Waals surface area contributed by atoms with Crippen LogP contribution in [-0.4, -0.2) is 96.0 Å². The fourth-order valence-corrected chi connectivity index (χ4v) is 8.76. The van der Waals surface area contributed by atoms with E-state index in [0.29, 0.717) is 23.2 Å². The number of anilines is 2. The third-order valence-corrected chi connectivity index (χ3v) is 11.8. The average Bonchev–Trinajstić information content (AvgIpc) is 3.89. The van der Waals surface area contributed by atoms with E-state index in [2.05, 4.69) is 42.7 Å². The lowest BCUT2D eigenvalue weighted by Crippen LogP contribution is -2.45. The van der Waals surface area contributed by atoms with Gasteiger partial charge in [-0.15, -0.1) is 0 Å². The molecule has 18 heteroatoms. The number of benzene rings is 1. The molecule has 3 aliphatic rings. The third-order valence-electron chi connectivity index (χ3n) is 11.8. The van der Waals surface area contributed by atoms with Gasteiger partial charge in [-0.3, -0.25) is 33.5 Å². The number of nitrogens with zero attached hydrogens (tertiary/aromatic N) is 9. The van der Waals surface area contributed by atoms with Gasteiger partial charge in [-0.2, -0.15) is 10.2 Å². The molecule has 2 aliphatic heterocycles. The van der Waals surface area contributed by atoms with Gasteiger partial charge in [0.2, 0.25) is 11.8 Å². The minimum absolute atomic E-state index is 0.0311. The first-order valence-electron chi connectivity index (χ1n) is 19.1. The lowest BCUT2D eigenvalue weighted by atomic mass is 9.85. The number of hydrogen-bond acceptors (Lipinski definition) is 10. The van der Waals surface area contributed by atoms with Crippen molar-refractivity contribution in [3.8, 4) is 5.75 Å². The molecule has 2 N–H and O–H groups in total. The standard InChI is InChI=1S/C38H45F2N11O5/c1-46(23-13-15-48(16-14-23)28-5-4-6-29-33(28)47(2)38(55)51(29)30-11-12-31(52)44-37(30)54)19-22-7-9-24(10-8-22)49-21-27(32(45-49)34(39)40)43-36(53)26-18-42-50-20-25(56-3)17-41-35(26)50/h4-6,17-18,20-24,30,34H,7-16,19H2,1-3H3,(H,43,53)(H,44,52,54). The Morgan fingerprint density at radius 3 is 2.54 bits per heavy atom. The molecule has 3 amide bonds. The molecule has 8 rings (SSSR count). The quantitative estimate of drug-likeness (QED) is 0.198. The van der Waals surface area contributed by atoms with Crippen LogP contribution in [0.4, 0.5) is 20.2 Å². The molecule has 0 radical (unpaired) electrons. The van der Waals surface area contributed by atoms with Gasteiger partial charge in [-0.1, -0.05) is 6.07 Å². The third kappa shape index (κ3) is 6.90.